The lowest BCUT2D eigenvalue weighted by molar-refractivity contribution is 0.0697. The molecule has 2 aromatic rings. The van der Waals surface area contributed by atoms with Gasteiger partial charge in [0.15, 0.2) is 0 Å². The normalized spacial score (nSPS) is 9.90. The van der Waals surface area contributed by atoms with Crippen molar-refractivity contribution < 1.29 is 14.6 Å². The number of ether oxygens (including phenoxy) is 1. The van der Waals surface area contributed by atoms with E-state index in [-0.39, 0.29) is 5.56 Å². The van der Waals surface area contributed by atoms with Crippen molar-refractivity contribution in [2.24, 2.45) is 0 Å². The molecule has 0 aliphatic heterocycles. The molecule has 2 aromatic carbocycles. The van der Waals surface area contributed by atoms with Crippen LogP contribution in [0.25, 0.3) is 11.1 Å². The van der Waals surface area contributed by atoms with Gasteiger partial charge in [-0.1, -0.05) is 24.3 Å². The number of aromatic carboxylic acids is 1. The molecule has 0 saturated carbocycles. The Labute approximate surface area is 118 Å². The fourth-order valence-corrected chi connectivity index (χ4v) is 1.72. The van der Waals surface area contributed by atoms with E-state index in [9.17, 15) is 4.79 Å². The summed E-state index contributed by atoms with van der Waals surface area (Å²) in [6, 6.07) is 14.5. The molecular weight excluding hydrogens is 252 g/mol. The molecule has 0 radical (unpaired) electrons. The van der Waals surface area contributed by atoms with Gasteiger partial charge in [-0.2, -0.15) is 0 Å². The van der Waals surface area contributed by atoms with E-state index in [4.69, 9.17) is 9.84 Å². The van der Waals surface area contributed by atoms with Crippen molar-refractivity contribution in [3.05, 3.63) is 65.9 Å². The summed E-state index contributed by atoms with van der Waals surface area (Å²) >= 11 is 0. The molecule has 102 valence electrons. The van der Waals surface area contributed by atoms with Gasteiger partial charge in [0.2, 0.25) is 0 Å². The summed E-state index contributed by atoms with van der Waals surface area (Å²) in [4.78, 5) is 10.8. The van der Waals surface area contributed by atoms with Crippen LogP contribution in [0.1, 0.15) is 24.2 Å². The summed E-state index contributed by atoms with van der Waals surface area (Å²) in [6.45, 7) is 3.94. The van der Waals surface area contributed by atoms with Gasteiger partial charge >= 0.3 is 5.97 Å². The van der Waals surface area contributed by atoms with Crippen LogP contribution in [-0.4, -0.2) is 11.1 Å². The number of carbonyl (C=O) groups is 1. The van der Waals surface area contributed by atoms with Crippen molar-refractivity contribution in [2.75, 3.05) is 0 Å². The summed E-state index contributed by atoms with van der Waals surface area (Å²) in [5.41, 5.74) is 3.38. The molecule has 0 aliphatic rings. The summed E-state index contributed by atoms with van der Waals surface area (Å²) < 4.78 is 5.47. The van der Waals surface area contributed by atoms with Crippen molar-refractivity contribution in [1.82, 2.24) is 0 Å². The third-order valence-corrected chi connectivity index (χ3v) is 2.75. The molecule has 0 heterocycles. The van der Waals surface area contributed by atoms with E-state index >= 15 is 0 Å². The van der Waals surface area contributed by atoms with Crippen molar-refractivity contribution >= 4 is 5.97 Å². The highest BCUT2D eigenvalue weighted by Crippen LogP contribution is 2.23. The summed E-state index contributed by atoms with van der Waals surface area (Å²) in [7, 11) is 0. The molecule has 2 rings (SSSR count). The minimum atomic E-state index is -0.915. The first-order chi connectivity index (χ1) is 9.56. The van der Waals surface area contributed by atoms with Crippen LogP contribution in [0.4, 0.5) is 0 Å². The van der Waals surface area contributed by atoms with Crippen LogP contribution in [-0.2, 0) is 0 Å². The first-order valence-electron chi connectivity index (χ1n) is 6.30. The summed E-state index contributed by atoms with van der Waals surface area (Å²) in [5, 5.41) is 8.86. The van der Waals surface area contributed by atoms with Gasteiger partial charge in [0.1, 0.15) is 5.75 Å². The van der Waals surface area contributed by atoms with Crippen molar-refractivity contribution in [1.29, 1.82) is 0 Å². The molecule has 0 fully saturated rings. The minimum absolute atomic E-state index is 0.289. The topological polar surface area (TPSA) is 46.5 Å². The molecule has 0 unspecified atom stereocenters. The number of hydrogen-bond acceptors (Lipinski definition) is 2. The van der Waals surface area contributed by atoms with E-state index in [1.54, 1.807) is 30.5 Å². The van der Waals surface area contributed by atoms with Crippen molar-refractivity contribution in [2.45, 2.75) is 13.8 Å². The fraction of sp³-hybridized carbons (Fsp3) is 0.118. The lowest BCUT2D eigenvalue weighted by Crippen LogP contribution is -1.94. The molecule has 0 spiro atoms. The van der Waals surface area contributed by atoms with Gasteiger partial charge in [-0.05, 0) is 54.8 Å². The highest BCUT2D eigenvalue weighted by atomic mass is 16.5. The van der Waals surface area contributed by atoms with Gasteiger partial charge in [0.05, 0.1) is 11.8 Å². The number of carboxylic acid groups (broad SMARTS) is 1. The molecule has 0 atom stereocenters. The number of carboxylic acids is 1. The highest BCUT2D eigenvalue weighted by Gasteiger charge is 2.03. The highest BCUT2D eigenvalue weighted by molar-refractivity contribution is 5.88. The quantitative estimate of drug-likeness (QED) is 0.838. The van der Waals surface area contributed by atoms with Crippen molar-refractivity contribution in [3.8, 4) is 16.9 Å². The first kappa shape index (κ1) is 13.9. The standard InChI is InChI=1S/C17H16O3/c1-12(2)11-20-16-9-7-14(8-10-16)13-3-5-15(6-4-13)17(18)19/h3-11H,1-2H3,(H,18,19). The Morgan fingerprint density at radius 1 is 0.950 bits per heavy atom. The Bertz CT molecular complexity index is 618. The van der Waals surface area contributed by atoms with Crippen LogP contribution in [0.15, 0.2) is 60.4 Å². The lowest BCUT2D eigenvalue weighted by Gasteiger charge is -2.05. The largest absolute Gasteiger partial charge is 0.478 e. The number of hydrogen-bond donors (Lipinski definition) is 1. The average molecular weight is 268 g/mol. The summed E-state index contributed by atoms with van der Waals surface area (Å²) in [5.74, 6) is -0.140. The maximum atomic E-state index is 10.8. The molecule has 0 saturated heterocycles. The zero-order chi connectivity index (χ0) is 14.5. The Balaban J connectivity index is 2.17. The first-order valence-corrected chi connectivity index (χ1v) is 6.30. The SMILES string of the molecule is CC(C)=COc1ccc(-c2ccc(C(=O)O)cc2)cc1. The molecule has 0 amide bonds. The molecule has 0 aromatic heterocycles. The Kier molecular flexibility index (Phi) is 4.20. The second-order valence-corrected chi connectivity index (χ2v) is 4.72. The van der Waals surface area contributed by atoms with Crippen LogP contribution in [0, 0.1) is 0 Å². The van der Waals surface area contributed by atoms with Crippen LogP contribution < -0.4 is 4.74 Å². The van der Waals surface area contributed by atoms with Gasteiger partial charge in [-0.3, -0.25) is 0 Å². The van der Waals surface area contributed by atoms with Gasteiger partial charge in [0.25, 0.3) is 0 Å². The maximum Gasteiger partial charge on any atom is 0.335 e. The van der Waals surface area contributed by atoms with E-state index in [2.05, 4.69) is 0 Å². The Hall–Kier alpha value is -2.55. The number of rotatable bonds is 4. The average Bonchev–Trinajstić information content (AvgIpc) is 2.46. The molecule has 3 heteroatoms. The second kappa shape index (κ2) is 6.06. The molecule has 3 nitrogen and oxygen atoms in total. The van der Waals surface area contributed by atoms with Crippen molar-refractivity contribution in [3.63, 3.8) is 0 Å². The number of allylic oxidation sites excluding steroid dienone is 1. The smallest absolute Gasteiger partial charge is 0.335 e. The molecule has 0 aliphatic carbocycles. The molecular formula is C17H16O3. The molecule has 1 N–H and O–H groups in total. The van der Waals surface area contributed by atoms with E-state index in [0.29, 0.717) is 0 Å². The number of benzene rings is 2. The monoisotopic (exact) mass is 268 g/mol. The predicted molar refractivity (Wildman–Crippen MR) is 78.9 cm³/mol. The van der Waals surface area contributed by atoms with Crippen LogP contribution >= 0.6 is 0 Å². The van der Waals surface area contributed by atoms with Crippen LogP contribution in [0.5, 0.6) is 5.75 Å². The second-order valence-electron chi connectivity index (χ2n) is 4.72. The lowest BCUT2D eigenvalue weighted by atomic mass is 10.0. The van der Waals surface area contributed by atoms with E-state index in [1.807, 2.05) is 38.1 Å². The molecule has 0 bridgehead atoms. The predicted octanol–water partition coefficient (Wildman–Crippen LogP) is 4.35. The van der Waals surface area contributed by atoms with Crippen LogP contribution in [0.2, 0.25) is 0 Å². The third-order valence-electron chi connectivity index (χ3n) is 2.75. The van der Waals surface area contributed by atoms with Gasteiger partial charge in [-0.25, -0.2) is 4.79 Å². The zero-order valence-electron chi connectivity index (χ0n) is 11.5. The summed E-state index contributed by atoms with van der Waals surface area (Å²) in [6.07, 6.45) is 1.71. The van der Waals surface area contributed by atoms with Crippen LogP contribution in [0.3, 0.4) is 0 Å². The van der Waals surface area contributed by atoms with E-state index in [0.717, 1.165) is 22.4 Å². The maximum absolute atomic E-state index is 10.8. The molecule has 20 heavy (non-hydrogen) atoms. The Morgan fingerprint density at radius 2 is 1.45 bits per heavy atom. The zero-order valence-corrected chi connectivity index (χ0v) is 11.5. The van der Waals surface area contributed by atoms with E-state index in [1.165, 1.54) is 0 Å². The van der Waals surface area contributed by atoms with E-state index < -0.39 is 5.97 Å². The fourth-order valence-electron chi connectivity index (χ4n) is 1.72. The van der Waals surface area contributed by atoms with Gasteiger partial charge < -0.3 is 9.84 Å². The van der Waals surface area contributed by atoms with Gasteiger partial charge in [0, 0.05) is 0 Å². The Morgan fingerprint density at radius 3 is 1.90 bits per heavy atom. The third kappa shape index (κ3) is 3.48. The minimum Gasteiger partial charge on any atom is -0.478 e. The van der Waals surface area contributed by atoms with Gasteiger partial charge in [-0.15, -0.1) is 0 Å².